The number of nitrogens with one attached hydrogen (secondary N) is 1. The minimum atomic E-state index is 0.769. The zero-order chi connectivity index (χ0) is 10.2. The van der Waals surface area contributed by atoms with Crippen LogP contribution in [-0.4, -0.2) is 16.1 Å². The van der Waals surface area contributed by atoms with E-state index in [9.17, 15) is 0 Å². The van der Waals surface area contributed by atoms with Crippen molar-refractivity contribution in [3.63, 3.8) is 0 Å². The van der Waals surface area contributed by atoms with Crippen LogP contribution in [-0.2, 0) is 6.54 Å². The molecule has 0 saturated heterocycles. The van der Waals surface area contributed by atoms with Gasteiger partial charge in [0.05, 0.1) is 0 Å². The highest BCUT2D eigenvalue weighted by atomic mass is 15.2. The summed E-state index contributed by atoms with van der Waals surface area (Å²) in [5.41, 5.74) is 0. The Hall–Kier alpha value is -1.25. The Kier molecular flexibility index (Phi) is 4.83. The average Bonchev–Trinajstić information content (AvgIpc) is 2.63. The van der Waals surface area contributed by atoms with Crippen LogP contribution >= 0.6 is 0 Å². The highest BCUT2D eigenvalue weighted by molar-refractivity contribution is 5.26. The fraction of sp³-hybridized carbons (Fsp3) is 0.545. The zero-order valence-electron chi connectivity index (χ0n) is 8.87. The van der Waals surface area contributed by atoms with Gasteiger partial charge in [0.15, 0.2) is 0 Å². The number of aromatic nitrogens is 2. The first kappa shape index (κ1) is 10.8. The molecule has 0 unspecified atom stereocenters. The molecule has 3 nitrogen and oxygen atoms in total. The zero-order valence-corrected chi connectivity index (χ0v) is 8.87. The van der Waals surface area contributed by atoms with E-state index in [-0.39, 0.29) is 0 Å². The summed E-state index contributed by atoms with van der Waals surface area (Å²) in [5.74, 6) is 0.945. The van der Waals surface area contributed by atoms with Crippen LogP contribution < -0.4 is 5.32 Å². The van der Waals surface area contributed by atoms with Crippen LogP contribution in [0.15, 0.2) is 25.0 Å². The Morgan fingerprint density at radius 1 is 1.57 bits per heavy atom. The molecule has 0 amide bonds. The molecule has 0 saturated carbocycles. The van der Waals surface area contributed by atoms with Gasteiger partial charge in [-0.3, -0.25) is 0 Å². The molecule has 0 aliphatic heterocycles. The molecule has 0 aliphatic carbocycles. The highest BCUT2D eigenvalue weighted by Crippen LogP contribution is 2.06. The molecule has 1 heterocycles. The minimum absolute atomic E-state index is 0.769. The predicted octanol–water partition coefficient (Wildman–Crippen LogP) is 2.67. The summed E-state index contributed by atoms with van der Waals surface area (Å²) < 4.78 is 2.15. The van der Waals surface area contributed by atoms with Gasteiger partial charge in [-0.1, -0.05) is 25.8 Å². The molecule has 14 heavy (non-hydrogen) atoms. The van der Waals surface area contributed by atoms with Crippen LogP contribution in [0.2, 0.25) is 0 Å². The first-order valence-corrected chi connectivity index (χ1v) is 5.24. The molecule has 0 aromatic carbocycles. The highest BCUT2D eigenvalue weighted by Gasteiger charge is 1.99. The number of unbranched alkanes of at least 4 members (excludes halogenated alkanes) is 2. The van der Waals surface area contributed by atoms with Crippen molar-refractivity contribution in [3.8, 4) is 0 Å². The maximum Gasteiger partial charge on any atom is 0.203 e. The number of hydrogen-bond donors (Lipinski definition) is 1. The fourth-order valence-electron chi connectivity index (χ4n) is 1.35. The van der Waals surface area contributed by atoms with E-state index in [1.165, 1.54) is 19.3 Å². The lowest BCUT2D eigenvalue weighted by Gasteiger charge is -2.07. The maximum absolute atomic E-state index is 4.24. The molecule has 3 heteroatoms. The molecule has 0 radical (unpaired) electrons. The van der Waals surface area contributed by atoms with Gasteiger partial charge in [0.2, 0.25) is 5.95 Å². The van der Waals surface area contributed by atoms with Crippen molar-refractivity contribution in [2.24, 2.45) is 0 Å². The van der Waals surface area contributed by atoms with Crippen LogP contribution in [0, 0.1) is 0 Å². The Labute approximate surface area is 85.8 Å². The summed E-state index contributed by atoms with van der Waals surface area (Å²) >= 11 is 0. The second kappa shape index (κ2) is 6.24. The van der Waals surface area contributed by atoms with Gasteiger partial charge in [-0.2, -0.15) is 0 Å². The van der Waals surface area contributed by atoms with E-state index in [0.717, 1.165) is 19.0 Å². The number of aryl methyl sites for hydroxylation is 1. The average molecular weight is 193 g/mol. The van der Waals surface area contributed by atoms with E-state index in [4.69, 9.17) is 0 Å². The van der Waals surface area contributed by atoms with Crippen LogP contribution in [0.3, 0.4) is 0 Å². The topological polar surface area (TPSA) is 29.9 Å². The summed E-state index contributed by atoms with van der Waals surface area (Å²) in [4.78, 5) is 4.24. The Balaban J connectivity index is 2.40. The molecular weight excluding hydrogens is 174 g/mol. The Morgan fingerprint density at radius 2 is 2.43 bits per heavy atom. The Morgan fingerprint density at radius 3 is 3.14 bits per heavy atom. The monoisotopic (exact) mass is 193 g/mol. The summed E-state index contributed by atoms with van der Waals surface area (Å²) in [6, 6.07) is 0. The quantitative estimate of drug-likeness (QED) is 0.533. The molecule has 0 spiro atoms. The molecule has 0 atom stereocenters. The van der Waals surface area contributed by atoms with Gasteiger partial charge in [-0.05, 0) is 6.42 Å². The van der Waals surface area contributed by atoms with E-state index in [2.05, 4.69) is 28.4 Å². The summed E-state index contributed by atoms with van der Waals surface area (Å²) in [5, 5.41) is 3.20. The Bertz CT molecular complexity index is 265. The van der Waals surface area contributed by atoms with Gasteiger partial charge in [0, 0.05) is 25.5 Å². The van der Waals surface area contributed by atoms with Crippen LogP contribution in [0.5, 0.6) is 0 Å². The molecule has 0 bridgehead atoms. The van der Waals surface area contributed by atoms with Crippen molar-refractivity contribution in [2.45, 2.75) is 32.7 Å². The van der Waals surface area contributed by atoms with Gasteiger partial charge in [0.1, 0.15) is 0 Å². The van der Waals surface area contributed by atoms with E-state index in [1.807, 2.05) is 18.5 Å². The number of imidazole rings is 1. The SMILES string of the molecule is C=CCNc1nccn1CCCCC. The molecule has 0 aliphatic rings. The third-order valence-electron chi connectivity index (χ3n) is 2.12. The normalized spacial score (nSPS) is 10.1. The van der Waals surface area contributed by atoms with Gasteiger partial charge in [-0.15, -0.1) is 6.58 Å². The summed E-state index contributed by atoms with van der Waals surface area (Å²) in [6.45, 7) is 7.70. The predicted molar refractivity (Wildman–Crippen MR) is 60.4 cm³/mol. The second-order valence-electron chi connectivity index (χ2n) is 3.32. The van der Waals surface area contributed by atoms with Gasteiger partial charge < -0.3 is 9.88 Å². The summed E-state index contributed by atoms with van der Waals surface area (Å²) in [7, 11) is 0. The number of rotatable bonds is 7. The van der Waals surface area contributed by atoms with Crippen molar-refractivity contribution in [3.05, 3.63) is 25.0 Å². The largest absolute Gasteiger partial charge is 0.352 e. The third-order valence-corrected chi connectivity index (χ3v) is 2.12. The van der Waals surface area contributed by atoms with E-state index < -0.39 is 0 Å². The number of hydrogen-bond acceptors (Lipinski definition) is 2. The first-order valence-electron chi connectivity index (χ1n) is 5.24. The van der Waals surface area contributed by atoms with Crippen LogP contribution in [0.1, 0.15) is 26.2 Å². The van der Waals surface area contributed by atoms with E-state index in [1.54, 1.807) is 0 Å². The van der Waals surface area contributed by atoms with Crippen LogP contribution in [0.25, 0.3) is 0 Å². The minimum Gasteiger partial charge on any atom is -0.352 e. The fourth-order valence-corrected chi connectivity index (χ4v) is 1.35. The van der Waals surface area contributed by atoms with Crippen molar-refractivity contribution in [2.75, 3.05) is 11.9 Å². The molecule has 1 aromatic heterocycles. The van der Waals surface area contributed by atoms with Gasteiger partial charge in [-0.25, -0.2) is 4.98 Å². The van der Waals surface area contributed by atoms with Gasteiger partial charge in [0.25, 0.3) is 0 Å². The molecule has 1 rings (SSSR count). The second-order valence-corrected chi connectivity index (χ2v) is 3.32. The van der Waals surface area contributed by atoms with Crippen LogP contribution in [0.4, 0.5) is 5.95 Å². The molecular formula is C11H19N3. The van der Waals surface area contributed by atoms with Crippen molar-refractivity contribution in [1.82, 2.24) is 9.55 Å². The van der Waals surface area contributed by atoms with E-state index in [0.29, 0.717) is 0 Å². The number of anilines is 1. The van der Waals surface area contributed by atoms with Crippen molar-refractivity contribution in [1.29, 1.82) is 0 Å². The van der Waals surface area contributed by atoms with Gasteiger partial charge >= 0.3 is 0 Å². The summed E-state index contributed by atoms with van der Waals surface area (Å²) in [6.07, 6.45) is 9.43. The standard InChI is InChI=1S/C11H19N3/c1-3-5-6-9-14-10-8-13-11(14)12-7-4-2/h4,8,10H,2-3,5-7,9H2,1H3,(H,12,13). The van der Waals surface area contributed by atoms with Crippen molar-refractivity contribution >= 4 is 5.95 Å². The molecule has 78 valence electrons. The lowest BCUT2D eigenvalue weighted by atomic mass is 10.2. The lowest BCUT2D eigenvalue weighted by Crippen LogP contribution is -2.07. The lowest BCUT2D eigenvalue weighted by molar-refractivity contribution is 0.606. The maximum atomic E-state index is 4.24. The first-order chi connectivity index (χ1) is 6.88. The molecule has 1 aromatic rings. The molecule has 0 fully saturated rings. The van der Waals surface area contributed by atoms with Crippen molar-refractivity contribution < 1.29 is 0 Å². The molecule has 1 N–H and O–H groups in total. The smallest absolute Gasteiger partial charge is 0.203 e. The third kappa shape index (κ3) is 3.24. The van der Waals surface area contributed by atoms with E-state index >= 15 is 0 Å². The number of nitrogens with zero attached hydrogens (tertiary/aromatic N) is 2.